The summed E-state index contributed by atoms with van der Waals surface area (Å²) in [5.41, 5.74) is 0.681. The average Bonchev–Trinajstić information content (AvgIpc) is 2.76. The molecule has 0 saturated carbocycles. The fourth-order valence-corrected chi connectivity index (χ4v) is 2.13. The van der Waals surface area contributed by atoms with Crippen LogP contribution in [-0.4, -0.2) is 9.55 Å². The Hall–Kier alpha value is -1.25. The number of halogens is 4. The molecule has 0 bridgehead atoms. The lowest BCUT2D eigenvalue weighted by Crippen LogP contribution is -2.09. The summed E-state index contributed by atoms with van der Waals surface area (Å²) < 4.78 is 39.5. The van der Waals surface area contributed by atoms with Gasteiger partial charge in [-0.05, 0) is 40.8 Å². The van der Waals surface area contributed by atoms with E-state index in [0.29, 0.717) is 9.26 Å². The summed E-state index contributed by atoms with van der Waals surface area (Å²) >= 11 is 1.97. The van der Waals surface area contributed by atoms with Gasteiger partial charge in [0.1, 0.15) is 11.6 Å². The number of anilines is 1. The molecular formula is C11H9F3IN3. The molecule has 1 heterocycles. The molecule has 0 amide bonds. The van der Waals surface area contributed by atoms with Crippen LogP contribution in [0.1, 0.15) is 12.4 Å². The van der Waals surface area contributed by atoms with E-state index in [1.165, 1.54) is 24.5 Å². The predicted octanol–water partition coefficient (Wildman–Crippen LogP) is 3.63. The van der Waals surface area contributed by atoms with E-state index < -0.39 is 6.55 Å². The Balaban J connectivity index is 2.09. The summed E-state index contributed by atoms with van der Waals surface area (Å²) in [5.74, 6) is -0.107. The van der Waals surface area contributed by atoms with E-state index in [1.807, 2.05) is 22.6 Å². The normalized spacial score (nSPS) is 10.9. The molecule has 2 aromatic rings. The zero-order valence-electron chi connectivity index (χ0n) is 9.08. The molecule has 7 heteroatoms. The van der Waals surface area contributed by atoms with E-state index in [1.54, 1.807) is 6.07 Å². The highest BCUT2D eigenvalue weighted by Crippen LogP contribution is 2.20. The molecule has 0 atom stereocenters. The molecule has 1 aromatic carbocycles. The first-order valence-corrected chi connectivity index (χ1v) is 6.14. The van der Waals surface area contributed by atoms with Crippen LogP contribution in [0.5, 0.6) is 0 Å². The largest absolute Gasteiger partial charge is 0.377 e. The van der Waals surface area contributed by atoms with Crippen molar-refractivity contribution in [1.29, 1.82) is 0 Å². The van der Waals surface area contributed by atoms with Gasteiger partial charge in [-0.15, -0.1) is 0 Å². The number of imidazole rings is 1. The molecule has 0 aliphatic heterocycles. The molecule has 0 saturated heterocycles. The van der Waals surface area contributed by atoms with Crippen LogP contribution in [0.4, 0.5) is 18.9 Å². The Morgan fingerprint density at radius 3 is 2.83 bits per heavy atom. The second kappa shape index (κ2) is 5.59. The standard InChI is InChI=1S/C11H9F3IN3/c12-7-1-2-9(8(15)5-7)17-6-10-16-3-4-18(10)11(13)14/h1-5,11,17H,6H2. The van der Waals surface area contributed by atoms with E-state index >= 15 is 0 Å². The molecule has 0 spiro atoms. The first kappa shape index (κ1) is 13.2. The SMILES string of the molecule is Fc1ccc(NCc2nccn2C(F)F)c(I)c1. The van der Waals surface area contributed by atoms with E-state index in [4.69, 9.17) is 0 Å². The van der Waals surface area contributed by atoms with Crippen LogP contribution in [0, 0.1) is 9.39 Å². The molecule has 2 rings (SSSR count). The van der Waals surface area contributed by atoms with E-state index in [9.17, 15) is 13.2 Å². The summed E-state index contributed by atoms with van der Waals surface area (Å²) in [4.78, 5) is 3.84. The fourth-order valence-electron chi connectivity index (χ4n) is 1.47. The lowest BCUT2D eigenvalue weighted by Gasteiger charge is -2.10. The minimum absolute atomic E-state index is 0.152. The number of hydrogen-bond acceptors (Lipinski definition) is 2. The maximum atomic E-state index is 12.9. The van der Waals surface area contributed by atoms with E-state index in [0.717, 1.165) is 4.57 Å². The van der Waals surface area contributed by atoms with Crippen LogP contribution in [0.15, 0.2) is 30.6 Å². The van der Waals surface area contributed by atoms with E-state index in [-0.39, 0.29) is 18.2 Å². The number of alkyl halides is 2. The number of nitrogens with one attached hydrogen (secondary N) is 1. The maximum Gasteiger partial charge on any atom is 0.319 e. The summed E-state index contributed by atoms with van der Waals surface area (Å²) in [6.45, 7) is -2.46. The van der Waals surface area contributed by atoms with Gasteiger partial charge in [-0.1, -0.05) is 0 Å². The highest BCUT2D eigenvalue weighted by molar-refractivity contribution is 14.1. The number of hydrogen-bond donors (Lipinski definition) is 1. The average molecular weight is 367 g/mol. The minimum Gasteiger partial charge on any atom is -0.377 e. The second-order valence-corrected chi connectivity index (χ2v) is 4.67. The van der Waals surface area contributed by atoms with Crippen LogP contribution in [0.2, 0.25) is 0 Å². The highest BCUT2D eigenvalue weighted by Gasteiger charge is 2.11. The van der Waals surface area contributed by atoms with Gasteiger partial charge in [-0.3, -0.25) is 4.57 Å². The number of nitrogens with zero attached hydrogens (tertiary/aromatic N) is 2. The van der Waals surface area contributed by atoms with Crippen molar-refractivity contribution in [2.45, 2.75) is 13.1 Å². The Bertz CT molecular complexity index is 542. The summed E-state index contributed by atoms with van der Waals surface area (Å²) in [5, 5.41) is 2.95. The molecule has 0 unspecified atom stereocenters. The first-order chi connectivity index (χ1) is 8.58. The second-order valence-electron chi connectivity index (χ2n) is 3.51. The number of aromatic nitrogens is 2. The van der Waals surface area contributed by atoms with Crippen LogP contribution < -0.4 is 5.32 Å². The molecule has 1 N–H and O–H groups in total. The summed E-state index contributed by atoms with van der Waals surface area (Å²) in [6, 6.07) is 4.24. The molecule has 0 radical (unpaired) electrons. The van der Waals surface area contributed by atoms with Gasteiger partial charge in [0, 0.05) is 21.7 Å². The molecule has 18 heavy (non-hydrogen) atoms. The van der Waals surface area contributed by atoms with Crippen LogP contribution >= 0.6 is 22.6 Å². The van der Waals surface area contributed by atoms with Crippen molar-refractivity contribution in [3.63, 3.8) is 0 Å². The Morgan fingerprint density at radius 2 is 2.17 bits per heavy atom. The van der Waals surface area contributed by atoms with Crippen molar-refractivity contribution >= 4 is 28.3 Å². The molecular weight excluding hydrogens is 358 g/mol. The number of benzene rings is 1. The Morgan fingerprint density at radius 1 is 1.39 bits per heavy atom. The van der Waals surface area contributed by atoms with Crippen molar-refractivity contribution in [1.82, 2.24) is 9.55 Å². The predicted molar refractivity (Wildman–Crippen MR) is 69.9 cm³/mol. The lowest BCUT2D eigenvalue weighted by atomic mass is 10.3. The van der Waals surface area contributed by atoms with Crippen molar-refractivity contribution in [3.05, 3.63) is 45.8 Å². The molecule has 0 fully saturated rings. The Labute approximate surface area is 115 Å². The zero-order chi connectivity index (χ0) is 13.1. The van der Waals surface area contributed by atoms with Gasteiger partial charge in [-0.2, -0.15) is 8.78 Å². The van der Waals surface area contributed by atoms with Crippen LogP contribution in [0.25, 0.3) is 0 Å². The van der Waals surface area contributed by atoms with Crippen molar-refractivity contribution in [2.24, 2.45) is 0 Å². The van der Waals surface area contributed by atoms with Gasteiger partial charge < -0.3 is 5.32 Å². The van der Waals surface area contributed by atoms with Crippen molar-refractivity contribution in [3.8, 4) is 0 Å². The molecule has 1 aromatic heterocycles. The summed E-state index contributed by atoms with van der Waals surface area (Å²) in [7, 11) is 0. The summed E-state index contributed by atoms with van der Waals surface area (Å²) in [6.07, 6.45) is 2.54. The smallest absolute Gasteiger partial charge is 0.319 e. The molecule has 3 nitrogen and oxygen atoms in total. The zero-order valence-corrected chi connectivity index (χ0v) is 11.2. The first-order valence-electron chi connectivity index (χ1n) is 5.06. The van der Waals surface area contributed by atoms with Gasteiger partial charge in [0.2, 0.25) is 0 Å². The number of rotatable bonds is 4. The molecule has 0 aliphatic carbocycles. The van der Waals surface area contributed by atoms with Crippen LogP contribution in [0.3, 0.4) is 0 Å². The lowest BCUT2D eigenvalue weighted by molar-refractivity contribution is 0.0673. The quantitative estimate of drug-likeness (QED) is 0.837. The van der Waals surface area contributed by atoms with E-state index in [2.05, 4.69) is 10.3 Å². The van der Waals surface area contributed by atoms with Crippen molar-refractivity contribution < 1.29 is 13.2 Å². The monoisotopic (exact) mass is 367 g/mol. The van der Waals surface area contributed by atoms with Gasteiger partial charge >= 0.3 is 6.55 Å². The highest BCUT2D eigenvalue weighted by atomic mass is 127. The topological polar surface area (TPSA) is 29.9 Å². The third kappa shape index (κ3) is 2.95. The molecule has 96 valence electrons. The van der Waals surface area contributed by atoms with Crippen molar-refractivity contribution in [2.75, 3.05) is 5.32 Å². The molecule has 0 aliphatic rings. The van der Waals surface area contributed by atoms with Gasteiger partial charge in [0.05, 0.1) is 6.54 Å². The Kier molecular flexibility index (Phi) is 4.10. The minimum atomic E-state index is -2.61. The fraction of sp³-hybridized carbons (Fsp3) is 0.182. The third-order valence-electron chi connectivity index (χ3n) is 2.33. The van der Waals surface area contributed by atoms with Crippen LogP contribution in [-0.2, 0) is 6.54 Å². The van der Waals surface area contributed by atoms with Gasteiger partial charge in [0.25, 0.3) is 0 Å². The van der Waals surface area contributed by atoms with Gasteiger partial charge in [0.15, 0.2) is 0 Å². The maximum absolute atomic E-state index is 12.9. The van der Waals surface area contributed by atoms with Gasteiger partial charge in [-0.25, -0.2) is 9.37 Å². The third-order valence-corrected chi connectivity index (χ3v) is 3.22.